The smallest absolute Gasteiger partial charge is 0.248 e. The summed E-state index contributed by atoms with van der Waals surface area (Å²) in [5.74, 6) is 1.12. The number of unbranched alkanes of at least 4 members (excludes halogenated alkanes) is 1. The number of carbonyl (C=O) groups excluding carboxylic acids is 1. The van der Waals surface area contributed by atoms with Crippen LogP contribution in [0.4, 0.5) is 5.69 Å². The molecule has 26 heavy (non-hydrogen) atoms. The number of benzene rings is 2. The number of amides is 1. The van der Waals surface area contributed by atoms with Gasteiger partial charge in [0.2, 0.25) is 5.91 Å². The molecule has 0 bridgehead atoms. The van der Waals surface area contributed by atoms with Gasteiger partial charge in [0.05, 0.1) is 19.4 Å². The number of carbonyl (C=O) groups is 1. The summed E-state index contributed by atoms with van der Waals surface area (Å²) in [4.78, 5) is 12.2. The highest BCUT2D eigenvalue weighted by atomic mass is 35.5. The molecule has 0 aliphatic heterocycles. The van der Waals surface area contributed by atoms with E-state index in [9.17, 15) is 4.79 Å². The van der Waals surface area contributed by atoms with Gasteiger partial charge in [-0.3, -0.25) is 4.79 Å². The normalized spacial score (nSPS) is 10.8. The molecule has 0 radical (unpaired) electrons. The maximum Gasteiger partial charge on any atom is 0.248 e. The van der Waals surface area contributed by atoms with Crippen LogP contribution in [-0.4, -0.2) is 19.6 Å². The van der Waals surface area contributed by atoms with Crippen LogP contribution in [0.3, 0.4) is 0 Å². The van der Waals surface area contributed by atoms with Crippen molar-refractivity contribution in [1.29, 1.82) is 0 Å². The van der Waals surface area contributed by atoms with E-state index in [-0.39, 0.29) is 5.91 Å². The second-order valence-electron chi connectivity index (χ2n) is 5.90. The number of hydrogen-bond acceptors (Lipinski definition) is 3. The fraction of sp³-hybridized carbons (Fsp3) is 0.286. The van der Waals surface area contributed by atoms with Crippen molar-refractivity contribution in [2.75, 3.05) is 19.0 Å². The third-order valence-electron chi connectivity index (χ3n) is 3.81. The Morgan fingerprint density at radius 2 is 1.96 bits per heavy atom. The molecule has 0 saturated heterocycles. The number of ether oxygens (including phenoxy) is 2. The molecule has 138 valence electrons. The number of nitrogens with one attached hydrogen (secondary N) is 1. The van der Waals surface area contributed by atoms with Gasteiger partial charge in [0.15, 0.2) is 0 Å². The fourth-order valence-electron chi connectivity index (χ4n) is 2.29. The minimum atomic E-state index is -0.242. The molecule has 0 aliphatic rings. The van der Waals surface area contributed by atoms with E-state index in [0.29, 0.717) is 16.5 Å². The summed E-state index contributed by atoms with van der Waals surface area (Å²) >= 11 is 6.08. The van der Waals surface area contributed by atoms with E-state index in [1.165, 1.54) is 13.2 Å². The zero-order valence-electron chi connectivity index (χ0n) is 15.3. The van der Waals surface area contributed by atoms with Gasteiger partial charge in [-0.2, -0.15) is 0 Å². The van der Waals surface area contributed by atoms with E-state index >= 15 is 0 Å². The Morgan fingerprint density at radius 3 is 2.62 bits per heavy atom. The summed E-state index contributed by atoms with van der Waals surface area (Å²) in [7, 11) is 1.54. The van der Waals surface area contributed by atoms with Crippen LogP contribution in [0.15, 0.2) is 42.5 Å². The van der Waals surface area contributed by atoms with Crippen molar-refractivity contribution in [2.45, 2.75) is 26.7 Å². The Balaban J connectivity index is 1.98. The minimum absolute atomic E-state index is 0.242. The fourth-order valence-corrected chi connectivity index (χ4v) is 2.44. The predicted octanol–water partition coefficient (Wildman–Crippen LogP) is 5.49. The van der Waals surface area contributed by atoms with E-state index in [0.717, 1.165) is 36.3 Å². The maximum absolute atomic E-state index is 12.2. The second kappa shape index (κ2) is 9.88. The van der Waals surface area contributed by atoms with Crippen LogP contribution in [0.5, 0.6) is 11.5 Å². The molecular weight excluding hydrogens is 350 g/mol. The molecule has 1 N–H and O–H groups in total. The first-order valence-corrected chi connectivity index (χ1v) is 8.97. The average molecular weight is 374 g/mol. The lowest BCUT2D eigenvalue weighted by molar-refractivity contribution is -0.111. The van der Waals surface area contributed by atoms with Crippen LogP contribution in [0.2, 0.25) is 5.02 Å². The molecule has 0 saturated carbocycles. The largest absolute Gasteiger partial charge is 0.495 e. The molecule has 0 fully saturated rings. The summed E-state index contributed by atoms with van der Waals surface area (Å²) in [6.45, 7) is 4.72. The molecule has 2 rings (SSSR count). The lowest BCUT2D eigenvalue weighted by Gasteiger charge is -2.11. The topological polar surface area (TPSA) is 47.6 Å². The first kappa shape index (κ1) is 19.9. The van der Waals surface area contributed by atoms with Gasteiger partial charge in [-0.1, -0.05) is 37.1 Å². The molecule has 2 aromatic rings. The van der Waals surface area contributed by atoms with E-state index in [2.05, 4.69) is 12.2 Å². The van der Waals surface area contributed by atoms with E-state index < -0.39 is 0 Å². The van der Waals surface area contributed by atoms with E-state index in [4.69, 9.17) is 21.1 Å². The lowest BCUT2D eigenvalue weighted by atomic mass is 10.2. The van der Waals surface area contributed by atoms with Crippen LogP contribution in [0, 0.1) is 6.92 Å². The average Bonchev–Trinajstić information content (AvgIpc) is 2.64. The SMILES string of the molecule is CCCCOc1ccc(C=CC(=O)Nc2cc(C)c(Cl)cc2OC)cc1. The quantitative estimate of drug-likeness (QED) is 0.491. The molecule has 5 heteroatoms. The molecule has 0 heterocycles. The monoisotopic (exact) mass is 373 g/mol. The molecular formula is C21H24ClNO3. The Hall–Kier alpha value is -2.46. The number of halogens is 1. The summed E-state index contributed by atoms with van der Waals surface area (Å²) < 4.78 is 10.9. The number of rotatable bonds is 8. The van der Waals surface area contributed by atoms with Gasteiger partial charge in [-0.15, -0.1) is 0 Å². The second-order valence-corrected chi connectivity index (χ2v) is 6.30. The molecule has 0 aliphatic carbocycles. The highest BCUT2D eigenvalue weighted by Crippen LogP contribution is 2.30. The first-order valence-electron chi connectivity index (χ1n) is 8.59. The van der Waals surface area contributed by atoms with E-state index in [1.807, 2.05) is 31.2 Å². The standard InChI is InChI=1S/C21H24ClNO3/c1-4-5-12-26-17-9-6-16(7-10-17)8-11-21(24)23-19-13-15(2)18(22)14-20(19)25-3/h6-11,13-14H,4-5,12H2,1-3H3,(H,23,24). The first-order chi connectivity index (χ1) is 12.5. The van der Waals surface area contributed by atoms with Crippen molar-refractivity contribution in [3.05, 3.63) is 58.6 Å². The van der Waals surface area contributed by atoms with Gasteiger partial charge in [-0.05, 0) is 48.7 Å². The molecule has 0 spiro atoms. The van der Waals surface area contributed by atoms with Crippen molar-refractivity contribution in [1.82, 2.24) is 0 Å². The van der Waals surface area contributed by atoms with Crippen LogP contribution >= 0.6 is 11.6 Å². The molecule has 1 amide bonds. The van der Waals surface area contributed by atoms with E-state index in [1.54, 1.807) is 18.2 Å². The van der Waals surface area contributed by atoms with Crippen LogP contribution in [0.1, 0.15) is 30.9 Å². The Bertz CT molecular complexity index is 770. The van der Waals surface area contributed by atoms with Crippen molar-refractivity contribution in [3.63, 3.8) is 0 Å². The van der Waals surface area contributed by atoms with Gasteiger partial charge < -0.3 is 14.8 Å². The highest BCUT2D eigenvalue weighted by Gasteiger charge is 2.08. The summed E-state index contributed by atoms with van der Waals surface area (Å²) in [6, 6.07) is 11.1. The zero-order chi connectivity index (χ0) is 18.9. The van der Waals surface area contributed by atoms with Gasteiger partial charge in [0.1, 0.15) is 11.5 Å². The van der Waals surface area contributed by atoms with Crippen molar-refractivity contribution < 1.29 is 14.3 Å². The Kier molecular flexibility index (Phi) is 7.54. The Morgan fingerprint density at radius 1 is 1.23 bits per heavy atom. The molecule has 0 atom stereocenters. The Labute approximate surface area is 159 Å². The van der Waals surface area contributed by atoms with Gasteiger partial charge in [-0.25, -0.2) is 0 Å². The van der Waals surface area contributed by atoms with Gasteiger partial charge in [0, 0.05) is 17.2 Å². The number of hydrogen-bond donors (Lipinski definition) is 1. The third-order valence-corrected chi connectivity index (χ3v) is 4.22. The minimum Gasteiger partial charge on any atom is -0.495 e. The molecule has 0 aromatic heterocycles. The van der Waals surface area contributed by atoms with Crippen molar-refractivity contribution in [3.8, 4) is 11.5 Å². The predicted molar refractivity (Wildman–Crippen MR) is 107 cm³/mol. The van der Waals surface area contributed by atoms with Gasteiger partial charge >= 0.3 is 0 Å². The zero-order valence-corrected chi connectivity index (χ0v) is 16.1. The number of aryl methyl sites for hydroxylation is 1. The van der Waals surface area contributed by atoms with Crippen molar-refractivity contribution in [2.24, 2.45) is 0 Å². The number of anilines is 1. The molecule has 2 aromatic carbocycles. The van der Waals surface area contributed by atoms with Crippen LogP contribution < -0.4 is 14.8 Å². The maximum atomic E-state index is 12.2. The summed E-state index contributed by atoms with van der Waals surface area (Å²) in [6.07, 6.45) is 5.38. The van der Waals surface area contributed by atoms with Crippen molar-refractivity contribution >= 4 is 29.3 Å². The summed E-state index contributed by atoms with van der Waals surface area (Å²) in [5.41, 5.74) is 2.37. The number of methoxy groups -OCH3 is 1. The van der Waals surface area contributed by atoms with Gasteiger partial charge in [0.25, 0.3) is 0 Å². The molecule has 4 nitrogen and oxygen atoms in total. The van der Waals surface area contributed by atoms with Crippen LogP contribution in [0.25, 0.3) is 6.08 Å². The third kappa shape index (κ3) is 5.81. The highest BCUT2D eigenvalue weighted by molar-refractivity contribution is 6.31. The lowest BCUT2D eigenvalue weighted by Crippen LogP contribution is -2.09. The summed E-state index contributed by atoms with van der Waals surface area (Å²) in [5, 5.41) is 3.41. The van der Waals surface area contributed by atoms with Crippen LogP contribution in [-0.2, 0) is 4.79 Å². The molecule has 0 unspecified atom stereocenters.